The molecule has 4 aromatic rings. The first kappa shape index (κ1) is 27.1. The molecule has 2 nitrogen and oxygen atoms in total. The van der Waals surface area contributed by atoms with Gasteiger partial charge in [0.2, 0.25) is 0 Å². The molecule has 0 radical (unpaired) electrons. The molecule has 3 aromatic heterocycles. The molecule has 0 saturated heterocycles. The second-order valence-corrected chi connectivity index (χ2v) is 15.1. The van der Waals surface area contributed by atoms with Gasteiger partial charge in [0.05, 0.1) is 18.0 Å². The van der Waals surface area contributed by atoms with Crippen LogP contribution in [0.3, 0.4) is 0 Å². The normalized spacial score (nSPS) is 16.2. The van der Waals surface area contributed by atoms with Gasteiger partial charge in [-0.05, 0) is 118 Å². The van der Waals surface area contributed by atoms with Crippen molar-refractivity contribution in [1.82, 2.24) is 4.48 Å². The Balaban J connectivity index is 1.81. The maximum absolute atomic E-state index is 17.3. The quantitative estimate of drug-likeness (QED) is 0.185. The van der Waals surface area contributed by atoms with Crippen molar-refractivity contribution in [3.8, 4) is 10.6 Å². The molecule has 200 valence electrons. The average Bonchev–Trinajstić information content (AvgIpc) is 3.64. The topological polar surface area (TPSA) is 7.94 Å². The van der Waals surface area contributed by atoms with E-state index in [-0.39, 0.29) is 0 Å². The van der Waals surface area contributed by atoms with Gasteiger partial charge in [0, 0.05) is 27.9 Å². The van der Waals surface area contributed by atoms with E-state index in [9.17, 15) is 0 Å². The van der Waals surface area contributed by atoms with Crippen LogP contribution in [-0.4, -0.2) is 21.6 Å². The van der Waals surface area contributed by atoms with E-state index in [1.807, 2.05) is 50.3 Å². The molecule has 0 spiro atoms. The lowest BCUT2D eigenvalue weighted by molar-refractivity contribution is -0.360. The van der Waals surface area contributed by atoms with Crippen LogP contribution < -0.4 is 0 Å². The highest BCUT2D eigenvalue weighted by atomic mass is 79.9. The van der Waals surface area contributed by atoms with E-state index in [0.717, 1.165) is 50.7 Å². The Bertz CT molecular complexity index is 1750. The van der Waals surface area contributed by atoms with E-state index in [1.165, 1.54) is 37.2 Å². The van der Waals surface area contributed by atoms with Gasteiger partial charge in [0.1, 0.15) is 0 Å². The van der Waals surface area contributed by atoms with E-state index in [2.05, 4.69) is 64.8 Å². The van der Waals surface area contributed by atoms with Crippen LogP contribution in [0.5, 0.6) is 0 Å². The Morgan fingerprint density at radius 3 is 2.03 bits per heavy atom. The molecule has 5 heterocycles. The second kappa shape index (κ2) is 9.79. The number of aryl methyl sites for hydroxylation is 4. The van der Waals surface area contributed by atoms with Crippen LogP contribution in [-0.2, 0) is 6.42 Å². The van der Waals surface area contributed by atoms with Crippen molar-refractivity contribution in [2.45, 2.75) is 47.5 Å². The zero-order chi connectivity index (χ0) is 27.8. The van der Waals surface area contributed by atoms with Crippen LogP contribution in [0, 0.1) is 20.8 Å². The minimum Gasteiger partial charge on any atom is -0.389 e. The number of fused-ring (bicyclic) bond motifs is 2. The molecule has 0 aliphatic carbocycles. The molecule has 2 aliphatic rings. The predicted molar refractivity (Wildman–Crippen MR) is 170 cm³/mol. The molecule has 0 atom stereocenters. The molecular formula is C30H27BBr2F2N2S2. The fourth-order valence-corrected chi connectivity index (χ4v) is 9.17. The molecule has 39 heavy (non-hydrogen) atoms. The second-order valence-electron chi connectivity index (χ2n) is 10.2. The number of hydrogen-bond donors (Lipinski definition) is 0. The summed E-state index contributed by atoms with van der Waals surface area (Å²) in [6.07, 6.45) is 3.34. The summed E-state index contributed by atoms with van der Waals surface area (Å²) in [4.78, 5) is 1.69. The van der Waals surface area contributed by atoms with Crippen molar-refractivity contribution < 1.29 is 13.1 Å². The van der Waals surface area contributed by atoms with Crippen LogP contribution in [0.15, 0.2) is 67.4 Å². The largest absolute Gasteiger partial charge is 0.738 e. The number of nitrogens with zero attached hydrogens (tertiary/aromatic N) is 2. The first-order valence-corrected chi connectivity index (χ1v) is 16.3. The Hall–Kier alpha value is -2.07. The summed E-state index contributed by atoms with van der Waals surface area (Å²) in [7, 11) is 0. The van der Waals surface area contributed by atoms with Crippen LogP contribution in [0.2, 0.25) is 0 Å². The van der Waals surface area contributed by atoms with Gasteiger partial charge in [0.15, 0.2) is 11.4 Å². The third-order valence-corrected chi connectivity index (χ3v) is 10.9. The Labute approximate surface area is 252 Å². The van der Waals surface area contributed by atoms with Crippen LogP contribution in [0.4, 0.5) is 8.63 Å². The number of benzene rings is 1. The van der Waals surface area contributed by atoms with E-state index < -0.39 is 6.97 Å². The molecule has 2 aliphatic heterocycles. The lowest BCUT2D eigenvalue weighted by Crippen LogP contribution is -2.51. The van der Waals surface area contributed by atoms with Crippen LogP contribution >= 0.6 is 54.5 Å². The number of allylic oxidation sites excluding steroid dienone is 2. The lowest BCUT2D eigenvalue weighted by atomic mass is 9.83. The van der Waals surface area contributed by atoms with Crippen molar-refractivity contribution in [2.75, 3.05) is 0 Å². The molecular weight excluding hydrogens is 661 g/mol. The van der Waals surface area contributed by atoms with Crippen molar-refractivity contribution in [3.05, 3.63) is 106 Å². The standard InChI is InChI=1S/C30H27BBr2F2N2S2/c1-6-19-14-21-28(27-17(4)12-16(3)13-18(27)5)22-15-20(7-2)30(24-9-11-26(33)39-24)37(22)31(34,35)36(21)29(19)23-8-10-25(32)38-23/h8-15H,6-7H2,1-5H3. The molecule has 9 heteroatoms. The summed E-state index contributed by atoms with van der Waals surface area (Å²) in [6.45, 7) is 6.16. The highest BCUT2D eigenvalue weighted by molar-refractivity contribution is 9.11. The molecule has 0 bridgehead atoms. The lowest BCUT2D eigenvalue weighted by Gasteiger charge is -2.34. The van der Waals surface area contributed by atoms with Gasteiger partial charge in [0.25, 0.3) is 0 Å². The van der Waals surface area contributed by atoms with E-state index in [4.69, 9.17) is 0 Å². The molecule has 0 unspecified atom stereocenters. The minimum atomic E-state index is -4.20. The number of hydrogen-bond acceptors (Lipinski definition) is 2. The van der Waals surface area contributed by atoms with Crippen LogP contribution in [0.25, 0.3) is 16.1 Å². The van der Waals surface area contributed by atoms with E-state index >= 15 is 8.63 Å². The summed E-state index contributed by atoms with van der Waals surface area (Å²) in [5.74, 6) is 0. The summed E-state index contributed by atoms with van der Waals surface area (Å²) in [5.41, 5.74) is 9.56. The average molecular weight is 688 g/mol. The third kappa shape index (κ3) is 4.14. The van der Waals surface area contributed by atoms with Crippen LogP contribution in [0.1, 0.15) is 58.7 Å². The van der Waals surface area contributed by atoms with E-state index in [0.29, 0.717) is 35.6 Å². The highest BCUT2D eigenvalue weighted by Gasteiger charge is 2.56. The van der Waals surface area contributed by atoms with Gasteiger partial charge in [-0.3, -0.25) is 0 Å². The third-order valence-electron chi connectivity index (χ3n) is 7.67. The molecule has 1 aromatic carbocycles. The molecule has 0 amide bonds. The summed E-state index contributed by atoms with van der Waals surface area (Å²) >= 11 is 10.1. The molecule has 0 saturated carbocycles. The summed E-state index contributed by atoms with van der Waals surface area (Å²) in [5, 5.41) is 0. The maximum atomic E-state index is 17.3. The zero-order valence-corrected chi connectivity index (χ0v) is 27.1. The Kier molecular flexibility index (Phi) is 6.81. The summed E-state index contributed by atoms with van der Waals surface area (Å²) < 4.78 is 39.2. The van der Waals surface area contributed by atoms with Gasteiger partial charge in [-0.2, -0.15) is 0 Å². The van der Waals surface area contributed by atoms with E-state index in [1.54, 1.807) is 0 Å². The van der Waals surface area contributed by atoms with Gasteiger partial charge in [-0.1, -0.05) is 31.5 Å². The summed E-state index contributed by atoms with van der Waals surface area (Å²) in [6, 6.07) is 14.1. The Morgan fingerprint density at radius 2 is 1.49 bits per heavy atom. The monoisotopic (exact) mass is 686 g/mol. The van der Waals surface area contributed by atoms with Crippen molar-refractivity contribution in [1.29, 1.82) is 0 Å². The number of aromatic nitrogens is 1. The van der Waals surface area contributed by atoms with Gasteiger partial charge < -0.3 is 17.6 Å². The fraction of sp³-hybridized carbons (Fsp3) is 0.233. The molecule has 0 N–H and O–H groups in total. The predicted octanol–water partition coefficient (Wildman–Crippen LogP) is 10.1. The molecule has 0 fully saturated rings. The van der Waals surface area contributed by atoms with Gasteiger partial charge >= 0.3 is 6.97 Å². The van der Waals surface area contributed by atoms with Gasteiger partial charge in [-0.15, -0.1) is 22.7 Å². The number of rotatable bonds is 5. The smallest absolute Gasteiger partial charge is 0.389 e. The highest BCUT2D eigenvalue weighted by Crippen LogP contribution is 2.48. The first-order chi connectivity index (χ1) is 18.6. The number of thiophene rings is 2. The Morgan fingerprint density at radius 1 is 0.872 bits per heavy atom. The minimum absolute atomic E-state index is 0.595. The maximum Gasteiger partial charge on any atom is 0.738 e. The van der Waals surface area contributed by atoms with Gasteiger partial charge in [-0.25, -0.2) is 0 Å². The number of halogens is 4. The molecule has 6 rings (SSSR count). The fourth-order valence-electron chi connectivity index (χ4n) is 6.24. The van der Waals surface area contributed by atoms with Crippen molar-refractivity contribution >= 4 is 72.8 Å². The zero-order valence-electron chi connectivity index (χ0n) is 22.3. The van der Waals surface area contributed by atoms with Crippen molar-refractivity contribution in [3.63, 3.8) is 0 Å². The first-order valence-electron chi connectivity index (χ1n) is 13.0. The van der Waals surface area contributed by atoms with Crippen molar-refractivity contribution in [2.24, 2.45) is 0 Å². The SMILES string of the molecule is CCC1=CC2=C(c3c(C)cc(C)cc3C)c3cc(CC)c(-c4ccc(Br)s4)n3[B-](F)(F)[N+]2=C1c1ccc(Br)s1.